The van der Waals surface area contributed by atoms with Crippen LogP contribution in [0.3, 0.4) is 0 Å². The van der Waals surface area contributed by atoms with Gasteiger partial charge in [0.2, 0.25) is 0 Å². The first kappa shape index (κ1) is 49.4. The Morgan fingerprint density at radius 2 is 1.41 bits per heavy atom. The third-order valence-electron chi connectivity index (χ3n) is 17.7. The van der Waals surface area contributed by atoms with Crippen LogP contribution in [0.1, 0.15) is 92.4 Å². The van der Waals surface area contributed by atoms with E-state index in [1.165, 1.54) is 12.5 Å². The second-order valence-electron chi connectivity index (χ2n) is 21.2. The van der Waals surface area contributed by atoms with Crippen LogP contribution in [-0.4, -0.2) is 188 Å². The highest BCUT2D eigenvalue weighted by Gasteiger charge is 2.68. The fourth-order valence-corrected chi connectivity index (χ4v) is 13.8. The molecule has 0 bridgehead atoms. The Hall–Kier alpha value is -0.980. The van der Waals surface area contributed by atoms with Crippen molar-refractivity contribution in [1.29, 1.82) is 0 Å². The van der Waals surface area contributed by atoms with Crippen molar-refractivity contribution in [2.45, 2.75) is 203 Å². The van der Waals surface area contributed by atoms with E-state index >= 15 is 0 Å². The number of aliphatic hydroxyl groups excluding tert-OH is 10. The maximum Gasteiger partial charge on any atom is 0.187 e. The first-order valence-corrected chi connectivity index (χ1v) is 23.8. The molecule has 18 heteroatoms. The van der Waals surface area contributed by atoms with Crippen LogP contribution in [0.5, 0.6) is 0 Å². The highest BCUT2D eigenvalue weighted by atomic mass is 16.7. The van der Waals surface area contributed by atoms with E-state index in [1.807, 2.05) is 6.92 Å². The predicted molar refractivity (Wildman–Crippen MR) is 222 cm³/mol. The molecule has 4 aliphatic heterocycles. The molecule has 3 saturated carbocycles. The van der Waals surface area contributed by atoms with Crippen LogP contribution in [0, 0.1) is 46.3 Å². The number of allylic oxidation sites excluding steroid dienone is 1. The molecule has 0 aromatic rings. The van der Waals surface area contributed by atoms with Gasteiger partial charge in [0.1, 0.15) is 67.1 Å². The molecule has 0 aromatic heterocycles. The first-order valence-electron chi connectivity index (χ1n) is 23.8. The molecule has 26 atom stereocenters. The van der Waals surface area contributed by atoms with Gasteiger partial charge in [-0.15, -0.1) is 0 Å². The summed E-state index contributed by atoms with van der Waals surface area (Å²) in [6, 6.07) is 0. The molecule has 8 rings (SSSR count). The molecule has 64 heavy (non-hydrogen) atoms. The molecule has 0 spiro atoms. The number of fused-ring (bicyclic) bond motifs is 7. The van der Waals surface area contributed by atoms with Gasteiger partial charge in [0, 0.05) is 19.4 Å². The van der Waals surface area contributed by atoms with Gasteiger partial charge in [-0.05, 0) is 98.7 Å². The van der Waals surface area contributed by atoms with Crippen LogP contribution in [0.4, 0.5) is 0 Å². The van der Waals surface area contributed by atoms with Crippen molar-refractivity contribution < 1.29 is 89.0 Å². The van der Waals surface area contributed by atoms with Crippen LogP contribution < -0.4 is 0 Å². The van der Waals surface area contributed by atoms with E-state index in [0.29, 0.717) is 36.5 Å². The molecule has 0 aromatic carbocycles. The van der Waals surface area contributed by atoms with Gasteiger partial charge in [-0.2, -0.15) is 0 Å². The monoisotopic (exact) mass is 917 g/mol. The zero-order chi connectivity index (χ0) is 46.2. The molecule has 0 unspecified atom stereocenters. The summed E-state index contributed by atoms with van der Waals surface area (Å²) in [4.78, 5) is 0. The lowest BCUT2D eigenvalue weighted by atomic mass is 9.47. The highest BCUT2D eigenvalue weighted by molar-refractivity contribution is 5.26. The molecule has 0 radical (unpaired) electrons. The van der Waals surface area contributed by atoms with Gasteiger partial charge in [-0.25, -0.2) is 0 Å². The lowest BCUT2D eigenvalue weighted by Crippen LogP contribution is -2.64. The number of aliphatic hydroxyl groups is 10. The Morgan fingerprint density at radius 1 is 0.750 bits per heavy atom. The van der Waals surface area contributed by atoms with E-state index in [9.17, 15) is 51.1 Å². The van der Waals surface area contributed by atoms with Gasteiger partial charge in [0.25, 0.3) is 0 Å². The van der Waals surface area contributed by atoms with E-state index in [-0.39, 0.29) is 41.5 Å². The third-order valence-corrected chi connectivity index (χ3v) is 17.7. The number of rotatable bonds is 13. The smallest absolute Gasteiger partial charge is 0.187 e. The highest BCUT2D eigenvalue weighted by Crippen LogP contribution is 2.70. The minimum Gasteiger partial charge on any atom is -0.394 e. The molecular weight excluding hydrogens is 840 g/mol. The van der Waals surface area contributed by atoms with Crippen molar-refractivity contribution in [3.63, 3.8) is 0 Å². The summed E-state index contributed by atoms with van der Waals surface area (Å²) in [5.74, 6) is 1.24. The summed E-state index contributed by atoms with van der Waals surface area (Å²) < 4.78 is 48.4. The largest absolute Gasteiger partial charge is 0.394 e. The number of hydrogen-bond acceptors (Lipinski definition) is 18. The lowest BCUT2D eigenvalue weighted by molar-refractivity contribution is -0.360. The molecule has 4 aliphatic carbocycles. The minimum absolute atomic E-state index is 0.0212. The van der Waals surface area contributed by atoms with Crippen LogP contribution in [0.2, 0.25) is 0 Å². The van der Waals surface area contributed by atoms with Crippen molar-refractivity contribution in [1.82, 2.24) is 0 Å². The zero-order valence-corrected chi connectivity index (χ0v) is 38.1. The second-order valence-corrected chi connectivity index (χ2v) is 21.2. The van der Waals surface area contributed by atoms with Crippen LogP contribution in [-0.2, 0) is 37.9 Å². The van der Waals surface area contributed by atoms with E-state index in [1.54, 1.807) is 7.11 Å². The van der Waals surface area contributed by atoms with Crippen LogP contribution in [0.15, 0.2) is 11.6 Å². The lowest BCUT2D eigenvalue weighted by Gasteiger charge is -2.58. The Bertz CT molecular complexity index is 1620. The second kappa shape index (κ2) is 19.1. The van der Waals surface area contributed by atoms with Crippen molar-refractivity contribution in [3.05, 3.63) is 11.6 Å². The average molecular weight is 917 g/mol. The normalized spacial score (nSPS) is 54.3. The van der Waals surface area contributed by atoms with Gasteiger partial charge in [0.15, 0.2) is 24.7 Å². The minimum atomic E-state index is -1.64. The Labute approximate surface area is 375 Å². The third kappa shape index (κ3) is 8.48. The summed E-state index contributed by atoms with van der Waals surface area (Å²) >= 11 is 0. The average Bonchev–Trinajstić information content (AvgIpc) is 3.74. The molecule has 368 valence electrons. The van der Waals surface area contributed by atoms with Gasteiger partial charge in [-0.1, -0.05) is 39.3 Å². The van der Waals surface area contributed by atoms with E-state index in [0.717, 1.165) is 44.9 Å². The molecule has 7 fully saturated rings. The van der Waals surface area contributed by atoms with Crippen molar-refractivity contribution in [3.8, 4) is 0 Å². The van der Waals surface area contributed by atoms with Gasteiger partial charge >= 0.3 is 0 Å². The maximum atomic E-state index is 11.2. The Morgan fingerprint density at radius 3 is 2.11 bits per heavy atom. The number of hydrogen-bond donors (Lipinski definition) is 10. The SMILES string of the molecule is CO[C@]1(CC[C@@H](C)CO[C@@H]2O[C@H](CO)[C@@H](O)[C@H](O)[C@H]2O)O[C@H]2C[C@H]3[C@@H]4CC=C5C[C@@H](O[C@@H]6O[C@H](CO)[C@@H](O[C@@H]7O[C@@H](C)[C@H](O)[C@@H](O)[C@H]7O)[C@H](O)[C@H]6O)CC[C@]5(C)[C@H]4CC[C@]3(C)[C@H]2[C@@H]1C. The van der Waals surface area contributed by atoms with Crippen LogP contribution in [0.25, 0.3) is 0 Å². The molecular formula is C46H76O18. The zero-order valence-electron chi connectivity index (χ0n) is 38.1. The summed E-state index contributed by atoms with van der Waals surface area (Å²) in [6.07, 6.45) is -10.3. The molecule has 4 heterocycles. The maximum absolute atomic E-state index is 11.2. The molecule has 4 saturated heterocycles. The Balaban J connectivity index is 0.863. The quantitative estimate of drug-likeness (QED) is 0.107. The van der Waals surface area contributed by atoms with E-state index in [2.05, 4.69) is 26.8 Å². The van der Waals surface area contributed by atoms with Gasteiger partial charge in [0.05, 0.1) is 38.1 Å². The molecule has 10 N–H and O–H groups in total. The van der Waals surface area contributed by atoms with Crippen molar-refractivity contribution in [2.75, 3.05) is 26.9 Å². The fraction of sp³-hybridized carbons (Fsp3) is 0.957. The van der Waals surface area contributed by atoms with E-state index < -0.39 is 111 Å². The Kier molecular flexibility index (Phi) is 14.7. The number of ether oxygens (including phenoxy) is 8. The van der Waals surface area contributed by atoms with Crippen molar-refractivity contribution >= 4 is 0 Å². The molecule has 8 aliphatic rings. The molecule has 18 nitrogen and oxygen atoms in total. The topological polar surface area (TPSA) is 276 Å². The number of methoxy groups -OCH3 is 1. The van der Waals surface area contributed by atoms with E-state index in [4.69, 9.17) is 37.9 Å². The van der Waals surface area contributed by atoms with Gasteiger partial charge in [-0.3, -0.25) is 0 Å². The molecule has 0 amide bonds. The summed E-state index contributed by atoms with van der Waals surface area (Å²) in [7, 11) is 1.73. The predicted octanol–water partition coefficient (Wildman–Crippen LogP) is -0.177. The summed E-state index contributed by atoms with van der Waals surface area (Å²) in [5, 5.41) is 104. The summed E-state index contributed by atoms with van der Waals surface area (Å²) in [5.41, 5.74) is 1.40. The van der Waals surface area contributed by atoms with Crippen molar-refractivity contribution in [2.24, 2.45) is 46.3 Å². The fourth-order valence-electron chi connectivity index (χ4n) is 13.8. The first-order chi connectivity index (χ1) is 30.3. The summed E-state index contributed by atoms with van der Waals surface area (Å²) in [6.45, 7) is 9.83. The van der Waals surface area contributed by atoms with Crippen LogP contribution >= 0.6 is 0 Å². The van der Waals surface area contributed by atoms with Gasteiger partial charge < -0.3 is 89.0 Å². The standard InChI is InChI=1S/C46H76O18/c1-20(19-58-41-37(54)35(52)33(50)29(17-47)61-41)9-14-46(57-6)21(2)31-28(64-46)16-27-25-8-7-23-15-24(10-12-44(23,4)26(25)11-13-45(27,31)5)60-43-39(56)36(53)40(30(18-48)62-43)63-42-38(55)34(51)32(49)22(3)59-42/h7,20-22,24-43,47-56H,8-19H2,1-6H3/t20-,21+,22+,24+,25-,26+,27+,28+,29-,30-,31+,32+,33-,34-,35+,36-,37-,38-,39-,40-,41-,42+,43-,44+,45+,46-/m1/s1.